The van der Waals surface area contributed by atoms with Crippen molar-refractivity contribution < 1.29 is 0 Å². The Balaban J connectivity index is 0.000000574. The van der Waals surface area contributed by atoms with Gasteiger partial charge in [-0.25, -0.2) is 0 Å². The predicted octanol–water partition coefficient (Wildman–Crippen LogP) is 9.74. The van der Waals surface area contributed by atoms with E-state index in [2.05, 4.69) is 96.4 Å². The van der Waals surface area contributed by atoms with E-state index >= 15 is 0 Å². The normalized spacial score (nSPS) is 11.7. The van der Waals surface area contributed by atoms with Crippen LogP contribution in [0.3, 0.4) is 0 Å². The molecule has 170 valence electrons. The second-order valence-electron chi connectivity index (χ2n) is 8.37. The highest BCUT2D eigenvalue weighted by Gasteiger charge is 2.28. The number of rotatable bonds is 1. The van der Waals surface area contributed by atoms with E-state index in [0.717, 1.165) is 13.0 Å². The van der Waals surface area contributed by atoms with Gasteiger partial charge >= 0.3 is 0 Å². The molecule has 34 heavy (non-hydrogen) atoms. The monoisotopic (exact) mass is 443 g/mol. The molecule has 0 bridgehead atoms. The van der Waals surface area contributed by atoms with Crippen LogP contribution in [0.1, 0.15) is 45.7 Å². The maximum Gasteiger partial charge on any atom is 0.0577 e. The Kier molecular flexibility index (Phi) is 5.87. The van der Waals surface area contributed by atoms with Gasteiger partial charge in [0.05, 0.1) is 5.52 Å². The van der Waals surface area contributed by atoms with Gasteiger partial charge in [0.1, 0.15) is 0 Å². The second-order valence-corrected chi connectivity index (χ2v) is 8.37. The zero-order valence-corrected chi connectivity index (χ0v) is 20.9. The third kappa shape index (κ3) is 3.00. The summed E-state index contributed by atoms with van der Waals surface area (Å²) in [6.07, 6.45) is 1.01. The number of benzene rings is 5. The average Bonchev–Trinajstić information content (AvgIpc) is 3.47. The van der Waals surface area contributed by atoms with Crippen LogP contribution in [-0.4, -0.2) is 4.57 Å². The van der Waals surface area contributed by atoms with E-state index in [-0.39, 0.29) is 0 Å². The minimum atomic E-state index is 0.970. The molecule has 0 aliphatic heterocycles. The molecule has 0 saturated heterocycles. The van der Waals surface area contributed by atoms with Gasteiger partial charge in [-0.3, -0.25) is 0 Å². The Morgan fingerprint density at radius 3 is 1.97 bits per heavy atom. The van der Waals surface area contributed by atoms with Crippen LogP contribution in [-0.2, 0) is 13.0 Å². The molecule has 1 heterocycles. The molecule has 0 amide bonds. The standard InChI is InChI=1S/C29H21N.2C2H6/c1-2-30-26-14-8-7-13-23(26)28-27-21-16-15-18-9-3-4-10-19(18)24(21)17-25(27)20-11-5-6-12-22(20)29(28)30;2*1-2/h3-16H,2,17H2,1H3;2*1-2H3. The Labute approximate surface area is 202 Å². The van der Waals surface area contributed by atoms with Crippen LogP contribution in [0.15, 0.2) is 84.9 Å². The summed E-state index contributed by atoms with van der Waals surface area (Å²) in [7, 11) is 0. The molecule has 1 heteroatoms. The Morgan fingerprint density at radius 1 is 0.618 bits per heavy atom. The summed E-state index contributed by atoms with van der Waals surface area (Å²) in [5, 5.41) is 8.30. The Morgan fingerprint density at radius 2 is 1.24 bits per heavy atom. The summed E-state index contributed by atoms with van der Waals surface area (Å²) in [6, 6.07) is 31.4. The first-order valence-electron chi connectivity index (χ1n) is 12.8. The Hall–Kier alpha value is -3.58. The van der Waals surface area contributed by atoms with Crippen LogP contribution in [0.4, 0.5) is 0 Å². The molecule has 0 spiro atoms. The van der Waals surface area contributed by atoms with Gasteiger partial charge in [0.2, 0.25) is 0 Å². The van der Waals surface area contributed by atoms with Gasteiger partial charge in [-0.2, -0.15) is 0 Å². The minimum Gasteiger partial charge on any atom is -0.340 e. The molecule has 0 radical (unpaired) electrons. The predicted molar refractivity (Wildman–Crippen MR) is 151 cm³/mol. The van der Waals surface area contributed by atoms with Gasteiger partial charge in [-0.15, -0.1) is 0 Å². The number of fused-ring (bicyclic) bond motifs is 12. The number of hydrogen-bond acceptors (Lipinski definition) is 0. The van der Waals surface area contributed by atoms with E-state index in [0.29, 0.717) is 0 Å². The van der Waals surface area contributed by atoms with E-state index in [1.165, 1.54) is 65.6 Å². The largest absolute Gasteiger partial charge is 0.340 e. The summed E-state index contributed by atoms with van der Waals surface area (Å²) in [5.41, 5.74) is 8.56. The maximum atomic E-state index is 2.51. The first kappa shape index (κ1) is 22.2. The maximum absolute atomic E-state index is 2.51. The fourth-order valence-corrected chi connectivity index (χ4v) is 5.82. The van der Waals surface area contributed by atoms with Crippen LogP contribution >= 0.6 is 0 Å². The van der Waals surface area contributed by atoms with Gasteiger partial charge in [0.15, 0.2) is 0 Å². The molecule has 0 unspecified atom stereocenters. The van der Waals surface area contributed by atoms with Crippen LogP contribution in [0.5, 0.6) is 0 Å². The quantitative estimate of drug-likeness (QED) is 0.238. The highest BCUT2D eigenvalue weighted by Crippen LogP contribution is 2.50. The van der Waals surface area contributed by atoms with Crippen molar-refractivity contribution in [3.05, 3.63) is 96.1 Å². The topological polar surface area (TPSA) is 4.93 Å². The highest BCUT2D eigenvalue weighted by atomic mass is 15.0. The lowest BCUT2D eigenvalue weighted by atomic mass is 9.93. The molecule has 1 aliphatic carbocycles. The second kappa shape index (κ2) is 8.99. The molecule has 1 aliphatic rings. The molecular formula is C33H33N. The first-order chi connectivity index (χ1) is 16.9. The number of aryl methyl sites for hydroxylation is 1. The van der Waals surface area contributed by atoms with Crippen LogP contribution in [0.2, 0.25) is 0 Å². The fraction of sp³-hybridized carbons (Fsp3) is 0.212. The molecule has 0 N–H and O–H groups in total. The minimum absolute atomic E-state index is 0.970. The molecule has 0 fully saturated rings. The van der Waals surface area contributed by atoms with Crippen LogP contribution < -0.4 is 0 Å². The van der Waals surface area contributed by atoms with E-state index in [1.54, 1.807) is 0 Å². The summed E-state index contributed by atoms with van der Waals surface area (Å²) < 4.78 is 2.51. The summed E-state index contributed by atoms with van der Waals surface area (Å²) in [5.74, 6) is 0. The van der Waals surface area contributed by atoms with Gasteiger partial charge in [0, 0.05) is 28.2 Å². The van der Waals surface area contributed by atoms with Gasteiger partial charge in [-0.05, 0) is 57.8 Å². The van der Waals surface area contributed by atoms with Crippen molar-refractivity contribution in [1.29, 1.82) is 0 Å². The lowest BCUT2D eigenvalue weighted by Crippen LogP contribution is -1.95. The third-order valence-corrected chi connectivity index (χ3v) is 7.01. The smallest absolute Gasteiger partial charge is 0.0577 e. The summed E-state index contributed by atoms with van der Waals surface area (Å²) >= 11 is 0. The lowest BCUT2D eigenvalue weighted by molar-refractivity contribution is 0.829. The number of aromatic nitrogens is 1. The van der Waals surface area contributed by atoms with Crippen LogP contribution in [0.25, 0.3) is 54.5 Å². The van der Waals surface area contributed by atoms with Crippen molar-refractivity contribution in [1.82, 2.24) is 4.57 Å². The third-order valence-electron chi connectivity index (χ3n) is 7.01. The van der Waals surface area contributed by atoms with Crippen molar-refractivity contribution in [2.75, 3.05) is 0 Å². The zero-order valence-electron chi connectivity index (χ0n) is 20.9. The van der Waals surface area contributed by atoms with Gasteiger partial charge < -0.3 is 4.57 Å². The van der Waals surface area contributed by atoms with E-state index in [1.807, 2.05) is 27.7 Å². The molecular weight excluding hydrogens is 410 g/mol. The highest BCUT2D eigenvalue weighted by molar-refractivity contribution is 6.26. The summed E-state index contributed by atoms with van der Waals surface area (Å²) in [4.78, 5) is 0. The molecule has 1 aromatic heterocycles. The van der Waals surface area contributed by atoms with Crippen molar-refractivity contribution in [2.45, 2.75) is 47.6 Å². The molecule has 0 saturated carbocycles. The average molecular weight is 444 g/mol. The lowest BCUT2D eigenvalue weighted by Gasteiger charge is -2.12. The first-order valence-corrected chi connectivity index (χ1v) is 12.8. The van der Waals surface area contributed by atoms with Crippen molar-refractivity contribution in [3.8, 4) is 11.1 Å². The molecule has 6 aromatic rings. The van der Waals surface area contributed by atoms with E-state index in [4.69, 9.17) is 0 Å². The zero-order chi connectivity index (χ0) is 23.8. The summed E-state index contributed by atoms with van der Waals surface area (Å²) in [6.45, 7) is 11.2. The van der Waals surface area contributed by atoms with Crippen LogP contribution in [0, 0.1) is 0 Å². The number of hydrogen-bond donors (Lipinski definition) is 0. The van der Waals surface area contributed by atoms with Gasteiger partial charge in [0.25, 0.3) is 0 Å². The van der Waals surface area contributed by atoms with E-state index in [9.17, 15) is 0 Å². The van der Waals surface area contributed by atoms with Crippen molar-refractivity contribution in [3.63, 3.8) is 0 Å². The molecule has 0 atom stereocenters. The number of nitrogens with zero attached hydrogens (tertiary/aromatic N) is 1. The molecule has 7 rings (SSSR count). The van der Waals surface area contributed by atoms with E-state index < -0.39 is 0 Å². The fourth-order valence-electron chi connectivity index (χ4n) is 5.82. The molecule has 1 nitrogen and oxygen atoms in total. The Bertz CT molecular complexity index is 1650. The van der Waals surface area contributed by atoms with Crippen molar-refractivity contribution in [2.24, 2.45) is 0 Å². The SMILES string of the molecule is CC.CC.CCn1c2ccccc2c2c3c(c4ccccc4c21)Cc1c-3ccc2ccccc12. The van der Waals surface area contributed by atoms with Gasteiger partial charge in [-0.1, -0.05) is 107 Å². The van der Waals surface area contributed by atoms with Crippen molar-refractivity contribution >= 4 is 43.4 Å². The molecule has 5 aromatic carbocycles. The number of para-hydroxylation sites is 1.